The molecular weight excluding hydrogens is 348 g/mol. The Morgan fingerprint density at radius 1 is 1.23 bits per heavy atom. The number of hydrogen-bond acceptors (Lipinski definition) is 4. The fraction of sp³-hybridized carbons (Fsp3) is 0.368. The highest BCUT2D eigenvalue weighted by atomic mass is 32.1. The monoisotopic (exact) mass is 372 g/mol. The first-order valence-electron chi connectivity index (χ1n) is 8.78. The van der Waals surface area contributed by atoms with Crippen LogP contribution in [0.3, 0.4) is 0 Å². The maximum Gasteiger partial charge on any atom is 0.317 e. The van der Waals surface area contributed by atoms with Crippen molar-refractivity contribution in [2.45, 2.75) is 25.3 Å². The fourth-order valence-corrected chi connectivity index (χ4v) is 4.29. The van der Waals surface area contributed by atoms with Gasteiger partial charge in [0, 0.05) is 17.5 Å². The zero-order valence-corrected chi connectivity index (χ0v) is 15.6. The van der Waals surface area contributed by atoms with Crippen molar-refractivity contribution in [3.05, 3.63) is 42.0 Å². The average Bonchev–Trinajstić information content (AvgIpc) is 2.91. The summed E-state index contributed by atoms with van der Waals surface area (Å²) in [4.78, 5) is 27.4. The average molecular weight is 372 g/mol. The molecule has 1 aromatic heterocycles. The van der Waals surface area contributed by atoms with Gasteiger partial charge in [-0.2, -0.15) is 0 Å². The Bertz CT molecular complexity index is 775. The van der Waals surface area contributed by atoms with E-state index in [2.05, 4.69) is 22.6 Å². The number of carbonyl (C=O) groups is 2. The molecule has 2 heterocycles. The zero-order chi connectivity index (χ0) is 18.5. The number of amides is 3. The molecule has 0 aliphatic carbocycles. The molecule has 4 N–H and O–H groups in total. The first kappa shape index (κ1) is 18.4. The lowest BCUT2D eigenvalue weighted by atomic mass is 10.1. The number of primary amides is 1. The van der Waals surface area contributed by atoms with E-state index in [9.17, 15) is 9.59 Å². The summed E-state index contributed by atoms with van der Waals surface area (Å²) in [6.45, 7) is 1.89. The highest BCUT2D eigenvalue weighted by Crippen LogP contribution is 2.35. The Morgan fingerprint density at radius 3 is 2.73 bits per heavy atom. The van der Waals surface area contributed by atoms with Gasteiger partial charge in [-0.15, -0.1) is 11.3 Å². The van der Waals surface area contributed by atoms with Gasteiger partial charge in [0.1, 0.15) is 5.00 Å². The number of hydrogen-bond donors (Lipinski definition) is 3. The number of anilines is 1. The number of benzene rings is 1. The van der Waals surface area contributed by atoms with Crippen LogP contribution in [-0.4, -0.2) is 43.0 Å². The highest BCUT2D eigenvalue weighted by Gasteiger charge is 2.22. The van der Waals surface area contributed by atoms with Crippen LogP contribution in [0.25, 0.3) is 10.4 Å². The lowest BCUT2D eigenvalue weighted by Crippen LogP contribution is -2.41. The maximum absolute atomic E-state index is 12.9. The predicted molar refractivity (Wildman–Crippen MR) is 106 cm³/mol. The Balaban J connectivity index is 1.83. The van der Waals surface area contributed by atoms with Gasteiger partial charge in [0.2, 0.25) is 0 Å². The fourth-order valence-electron chi connectivity index (χ4n) is 3.22. The molecule has 1 saturated heterocycles. The number of carbonyl (C=O) groups excluding carboxylic acids is 2. The van der Waals surface area contributed by atoms with Crippen LogP contribution in [0, 0.1) is 0 Å². The van der Waals surface area contributed by atoms with Crippen molar-refractivity contribution in [2.75, 3.05) is 25.5 Å². The molecule has 7 heteroatoms. The summed E-state index contributed by atoms with van der Waals surface area (Å²) in [7, 11) is 2.07. The molecule has 1 aromatic carbocycles. The molecule has 0 spiro atoms. The van der Waals surface area contributed by atoms with Gasteiger partial charge in [0.15, 0.2) is 0 Å². The van der Waals surface area contributed by atoms with Crippen LogP contribution in [-0.2, 0) is 0 Å². The molecule has 1 fully saturated rings. The van der Waals surface area contributed by atoms with Gasteiger partial charge in [0.25, 0.3) is 5.91 Å². The van der Waals surface area contributed by atoms with E-state index in [1.54, 1.807) is 0 Å². The predicted octanol–water partition coefficient (Wildman–Crippen LogP) is 3.12. The lowest BCUT2D eigenvalue weighted by molar-refractivity contribution is 0.0930. The third kappa shape index (κ3) is 4.62. The molecule has 1 aliphatic rings. The minimum absolute atomic E-state index is 0.108. The van der Waals surface area contributed by atoms with Gasteiger partial charge in [-0.1, -0.05) is 36.8 Å². The van der Waals surface area contributed by atoms with Gasteiger partial charge in [0.05, 0.1) is 5.56 Å². The number of nitrogens with zero attached hydrogens (tertiary/aromatic N) is 1. The second-order valence-corrected chi connectivity index (χ2v) is 7.69. The van der Waals surface area contributed by atoms with Crippen LogP contribution in [0.4, 0.5) is 9.80 Å². The molecule has 0 radical (unpaired) electrons. The summed E-state index contributed by atoms with van der Waals surface area (Å²) in [5.74, 6) is -0.174. The third-order valence-corrected chi connectivity index (χ3v) is 5.58. The van der Waals surface area contributed by atoms with Crippen LogP contribution < -0.4 is 16.4 Å². The third-order valence-electron chi connectivity index (χ3n) is 4.48. The maximum atomic E-state index is 12.9. The summed E-state index contributed by atoms with van der Waals surface area (Å²) in [5.41, 5.74) is 6.74. The van der Waals surface area contributed by atoms with Crippen molar-refractivity contribution >= 4 is 28.3 Å². The summed E-state index contributed by atoms with van der Waals surface area (Å²) in [6.07, 6.45) is 3.21. The molecule has 3 rings (SSSR count). The van der Waals surface area contributed by atoms with Crippen LogP contribution >= 0.6 is 11.3 Å². The van der Waals surface area contributed by atoms with Crippen molar-refractivity contribution in [1.29, 1.82) is 0 Å². The number of rotatable bonds is 4. The van der Waals surface area contributed by atoms with E-state index in [4.69, 9.17) is 5.73 Å². The molecule has 26 heavy (non-hydrogen) atoms. The van der Waals surface area contributed by atoms with E-state index in [-0.39, 0.29) is 11.9 Å². The molecule has 138 valence electrons. The molecule has 1 aliphatic heterocycles. The summed E-state index contributed by atoms with van der Waals surface area (Å²) < 4.78 is 0. The van der Waals surface area contributed by atoms with E-state index in [0.717, 1.165) is 42.8 Å². The molecular formula is C19H24N4O2S. The molecule has 3 amide bonds. The van der Waals surface area contributed by atoms with Crippen molar-refractivity contribution in [1.82, 2.24) is 10.2 Å². The summed E-state index contributed by atoms with van der Waals surface area (Å²) in [6, 6.07) is 11.0. The minimum Gasteiger partial charge on any atom is -0.351 e. The van der Waals surface area contributed by atoms with Crippen molar-refractivity contribution in [3.63, 3.8) is 0 Å². The van der Waals surface area contributed by atoms with E-state index >= 15 is 0 Å². The van der Waals surface area contributed by atoms with Gasteiger partial charge in [-0.3, -0.25) is 10.1 Å². The second kappa shape index (κ2) is 8.33. The van der Waals surface area contributed by atoms with E-state index in [1.165, 1.54) is 11.3 Å². The van der Waals surface area contributed by atoms with Crippen LogP contribution in [0.2, 0.25) is 0 Å². The molecule has 0 bridgehead atoms. The van der Waals surface area contributed by atoms with Crippen molar-refractivity contribution in [3.8, 4) is 10.4 Å². The van der Waals surface area contributed by atoms with E-state index in [0.29, 0.717) is 10.6 Å². The van der Waals surface area contributed by atoms with Gasteiger partial charge in [-0.25, -0.2) is 4.79 Å². The van der Waals surface area contributed by atoms with Crippen molar-refractivity contribution in [2.24, 2.45) is 5.73 Å². The van der Waals surface area contributed by atoms with E-state index in [1.807, 2.05) is 36.4 Å². The molecule has 6 nitrogen and oxygen atoms in total. The quantitative estimate of drug-likeness (QED) is 0.770. The largest absolute Gasteiger partial charge is 0.351 e. The SMILES string of the molecule is CN1CCCC[C@H](NC(=O)c2cc(-c3ccccc3)sc2NC(N)=O)C1. The highest BCUT2D eigenvalue weighted by molar-refractivity contribution is 7.20. The number of likely N-dealkylation sites (N-methyl/N-ethyl adjacent to an activating group) is 1. The summed E-state index contributed by atoms with van der Waals surface area (Å²) in [5, 5.41) is 6.19. The lowest BCUT2D eigenvalue weighted by Gasteiger charge is -2.21. The number of nitrogens with two attached hydrogens (primary N) is 1. The van der Waals surface area contributed by atoms with Gasteiger partial charge in [-0.05, 0) is 38.1 Å². The van der Waals surface area contributed by atoms with Gasteiger partial charge >= 0.3 is 6.03 Å². The first-order chi connectivity index (χ1) is 12.5. The minimum atomic E-state index is -0.672. The zero-order valence-electron chi connectivity index (χ0n) is 14.8. The standard InChI is InChI=1S/C19H24N4O2S/c1-23-10-6-5-9-14(12-23)21-17(24)15-11-16(13-7-3-2-4-8-13)26-18(15)22-19(20)25/h2-4,7-8,11,14H,5-6,9-10,12H2,1H3,(H,21,24)(H3,20,22,25)/t14-/m0/s1. The van der Waals surface area contributed by atoms with Crippen LogP contribution in [0.1, 0.15) is 29.6 Å². The Morgan fingerprint density at radius 2 is 2.00 bits per heavy atom. The Labute approximate surface area is 157 Å². The molecule has 0 saturated carbocycles. The molecule has 1 atom stereocenters. The van der Waals surface area contributed by atoms with Crippen LogP contribution in [0.5, 0.6) is 0 Å². The topological polar surface area (TPSA) is 87.5 Å². The molecule has 0 unspecified atom stereocenters. The normalized spacial score (nSPS) is 18.1. The Kier molecular flexibility index (Phi) is 5.90. The first-order valence-corrected chi connectivity index (χ1v) is 9.59. The number of likely N-dealkylation sites (tertiary alicyclic amines) is 1. The number of thiophene rings is 1. The van der Waals surface area contributed by atoms with E-state index < -0.39 is 6.03 Å². The number of urea groups is 1. The summed E-state index contributed by atoms with van der Waals surface area (Å²) >= 11 is 1.35. The molecule has 2 aromatic rings. The van der Waals surface area contributed by atoms with Gasteiger partial charge < -0.3 is 16.0 Å². The second-order valence-electron chi connectivity index (χ2n) is 6.64. The Hall–Kier alpha value is -2.38. The smallest absolute Gasteiger partial charge is 0.317 e. The number of nitrogens with one attached hydrogen (secondary N) is 2. The van der Waals surface area contributed by atoms with Crippen LogP contribution in [0.15, 0.2) is 36.4 Å². The van der Waals surface area contributed by atoms with Crippen molar-refractivity contribution < 1.29 is 9.59 Å².